The molecule has 0 aromatic carbocycles. The van der Waals surface area contributed by atoms with Crippen molar-refractivity contribution < 1.29 is 14.3 Å². The van der Waals surface area contributed by atoms with Crippen molar-refractivity contribution in [3.63, 3.8) is 0 Å². The molecular formula is C17H32N4O3. The van der Waals surface area contributed by atoms with Crippen molar-refractivity contribution in [3.8, 4) is 0 Å². The molecule has 0 saturated carbocycles. The molecule has 0 aromatic rings. The summed E-state index contributed by atoms with van der Waals surface area (Å²) in [6, 6.07) is 0. The van der Waals surface area contributed by atoms with E-state index in [1.165, 1.54) is 0 Å². The van der Waals surface area contributed by atoms with Crippen LogP contribution in [0.2, 0.25) is 0 Å². The number of hydrogen-bond donors (Lipinski definition) is 1. The lowest BCUT2D eigenvalue weighted by molar-refractivity contribution is -0.129. The molecule has 0 radical (unpaired) electrons. The number of likely N-dealkylation sites (tertiary alicyclic amines) is 1. The summed E-state index contributed by atoms with van der Waals surface area (Å²) in [4.78, 5) is 30.6. The Kier molecular flexibility index (Phi) is 7.94. The van der Waals surface area contributed by atoms with Crippen molar-refractivity contribution in [3.05, 3.63) is 0 Å². The number of hydrogen-bond acceptors (Lipinski definition) is 5. The minimum absolute atomic E-state index is 0.0282. The summed E-state index contributed by atoms with van der Waals surface area (Å²) in [6.45, 7) is 7.52. The third-order valence-corrected chi connectivity index (χ3v) is 4.67. The van der Waals surface area contributed by atoms with E-state index in [0.717, 1.165) is 58.8 Å². The Morgan fingerprint density at radius 1 is 1.25 bits per heavy atom. The number of carbonyl (C=O) groups excluding carboxylic acids is 2. The Balaban J connectivity index is 1.59. The summed E-state index contributed by atoms with van der Waals surface area (Å²) in [6.07, 6.45) is 2.25. The molecule has 24 heavy (non-hydrogen) atoms. The van der Waals surface area contributed by atoms with Gasteiger partial charge >= 0.3 is 0 Å². The van der Waals surface area contributed by atoms with Crippen molar-refractivity contribution >= 4 is 11.8 Å². The van der Waals surface area contributed by atoms with Crippen LogP contribution in [0.15, 0.2) is 0 Å². The van der Waals surface area contributed by atoms with Crippen LogP contribution >= 0.6 is 0 Å². The van der Waals surface area contributed by atoms with Crippen LogP contribution in [-0.4, -0.2) is 99.6 Å². The van der Waals surface area contributed by atoms with E-state index in [4.69, 9.17) is 4.74 Å². The molecule has 138 valence electrons. The molecule has 2 amide bonds. The fourth-order valence-electron chi connectivity index (χ4n) is 3.23. The van der Waals surface area contributed by atoms with Crippen LogP contribution in [0.25, 0.3) is 0 Å². The molecule has 7 nitrogen and oxygen atoms in total. The van der Waals surface area contributed by atoms with Crippen molar-refractivity contribution in [2.45, 2.75) is 19.3 Å². The van der Waals surface area contributed by atoms with E-state index in [1.54, 1.807) is 0 Å². The van der Waals surface area contributed by atoms with E-state index in [0.29, 0.717) is 19.5 Å². The van der Waals surface area contributed by atoms with Gasteiger partial charge in [-0.1, -0.05) is 0 Å². The zero-order chi connectivity index (χ0) is 17.4. The number of morpholine rings is 1. The summed E-state index contributed by atoms with van der Waals surface area (Å²) >= 11 is 0. The topological polar surface area (TPSA) is 65.1 Å². The standard InChI is InChI=1S/C17H32N4O3/c1-19(2)6-4-8-21-14-15(13-16(21)22)17(23)18-5-3-7-20-9-11-24-12-10-20/h15H,3-14H2,1-2H3,(H,18,23). The predicted molar refractivity (Wildman–Crippen MR) is 92.7 cm³/mol. The van der Waals surface area contributed by atoms with Crippen LogP contribution in [0.5, 0.6) is 0 Å². The van der Waals surface area contributed by atoms with Gasteiger partial charge < -0.3 is 19.9 Å². The Labute approximate surface area is 145 Å². The van der Waals surface area contributed by atoms with E-state index in [-0.39, 0.29) is 17.7 Å². The molecule has 2 aliphatic heterocycles. The van der Waals surface area contributed by atoms with Gasteiger partial charge in [-0.2, -0.15) is 0 Å². The van der Waals surface area contributed by atoms with Crippen LogP contribution in [-0.2, 0) is 14.3 Å². The highest BCUT2D eigenvalue weighted by molar-refractivity contribution is 5.89. The maximum absolute atomic E-state index is 12.2. The van der Waals surface area contributed by atoms with Gasteiger partial charge in [0.25, 0.3) is 0 Å². The molecule has 7 heteroatoms. The van der Waals surface area contributed by atoms with E-state index in [9.17, 15) is 9.59 Å². The third-order valence-electron chi connectivity index (χ3n) is 4.67. The zero-order valence-corrected chi connectivity index (χ0v) is 15.1. The van der Waals surface area contributed by atoms with Crippen molar-refractivity contribution in [1.82, 2.24) is 20.0 Å². The Hall–Kier alpha value is -1.18. The average Bonchev–Trinajstić information content (AvgIpc) is 2.93. The summed E-state index contributed by atoms with van der Waals surface area (Å²) in [5.74, 6) is -0.0390. The van der Waals surface area contributed by atoms with Crippen molar-refractivity contribution in [2.24, 2.45) is 5.92 Å². The van der Waals surface area contributed by atoms with Gasteiger partial charge in [0.15, 0.2) is 0 Å². The highest BCUT2D eigenvalue weighted by Gasteiger charge is 2.33. The minimum atomic E-state index is -0.180. The largest absolute Gasteiger partial charge is 0.379 e. The van der Waals surface area contributed by atoms with E-state index in [2.05, 4.69) is 15.1 Å². The zero-order valence-electron chi connectivity index (χ0n) is 15.1. The molecule has 2 aliphatic rings. The quantitative estimate of drug-likeness (QED) is 0.580. The molecule has 0 aliphatic carbocycles. The molecule has 1 N–H and O–H groups in total. The molecule has 0 spiro atoms. The summed E-state index contributed by atoms with van der Waals surface area (Å²) < 4.78 is 5.32. The highest BCUT2D eigenvalue weighted by Crippen LogP contribution is 2.18. The lowest BCUT2D eigenvalue weighted by Gasteiger charge is -2.26. The van der Waals surface area contributed by atoms with E-state index >= 15 is 0 Å². The van der Waals surface area contributed by atoms with Crippen LogP contribution in [0.3, 0.4) is 0 Å². The smallest absolute Gasteiger partial charge is 0.225 e. The maximum atomic E-state index is 12.2. The molecule has 1 unspecified atom stereocenters. The van der Waals surface area contributed by atoms with E-state index in [1.807, 2.05) is 19.0 Å². The van der Waals surface area contributed by atoms with Gasteiger partial charge in [0.05, 0.1) is 19.1 Å². The van der Waals surface area contributed by atoms with Gasteiger partial charge in [-0.3, -0.25) is 14.5 Å². The fourth-order valence-corrected chi connectivity index (χ4v) is 3.23. The molecule has 0 bridgehead atoms. The molecule has 0 aromatic heterocycles. The summed E-state index contributed by atoms with van der Waals surface area (Å²) in [7, 11) is 4.05. The predicted octanol–water partition coefficient (Wildman–Crippen LogP) is -0.375. The van der Waals surface area contributed by atoms with Gasteiger partial charge in [-0.05, 0) is 40.0 Å². The number of amides is 2. The third kappa shape index (κ3) is 6.37. The van der Waals surface area contributed by atoms with Crippen LogP contribution < -0.4 is 5.32 Å². The van der Waals surface area contributed by atoms with Crippen molar-refractivity contribution in [1.29, 1.82) is 0 Å². The second-order valence-corrected chi connectivity index (χ2v) is 7.00. The number of rotatable bonds is 9. The SMILES string of the molecule is CN(C)CCCN1CC(C(=O)NCCCN2CCOCC2)CC1=O. The normalized spacial score (nSPS) is 22.4. The van der Waals surface area contributed by atoms with Crippen molar-refractivity contribution in [2.75, 3.05) is 73.1 Å². The first-order valence-electron chi connectivity index (χ1n) is 9.06. The maximum Gasteiger partial charge on any atom is 0.225 e. The second kappa shape index (κ2) is 9.96. The van der Waals surface area contributed by atoms with Crippen LogP contribution in [0.4, 0.5) is 0 Å². The fraction of sp³-hybridized carbons (Fsp3) is 0.882. The Bertz CT molecular complexity index is 411. The second-order valence-electron chi connectivity index (χ2n) is 7.00. The number of nitrogens with zero attached hydrogens (tertiary/aromatic N) is 3. The average molecular weight is 340 g/mol. The first kappa shape index (κ1) is 19.1. The number of carbonyl (C=O) groups is 2. The van der Waals surface area contributed by atoms with Crippen LogP contribution in [0, 0.1) is 5.92 Å². The summed E-state index contributed by atoms with van der Waals surface area (Å²) in [5, 5.41) is 3.00. The first-order valence-corrected chi connectivity index (χ1v) is 9.06. The molecule has 2 heterocycles. The Morgan fingerprint density at radius 3 is 2.71 bits per heavy atom. The molecule has 2 saturated heterocycles. The molecule has 2 rings (SSSR count). The lowest BCUT2D eigenvalue weighted by Crippen LogP contribution is -2.39. The first-order chi connectivity index (χ1) is 11.6. The summed E-state index contributed by atoms with van der Waals surface area (Å²) in [5.41, 5.74) is 0. The highest BCUT2D eigenvalue weighted by atomic mass is 16.5. The van der Waals surface area contributed by atoms with E-state index < -0.39 is 0 Å². The number of nitrogens with one attached hydrogen (secondary N) is 1. The molecule has 1 atom stereocenters. The monoisotopic (exact) mass is 340 g/mol. The Morgan fingerprint density at radius 2 is 2.00 bits per heavy atom. The number of ether oxygens (including phenoxy) is 1. The molecular weight excluding hydrogens is 308 g/mol. The van der Waals surface area contributed by atoms with Gasteiger partial charge in [0.2, 0.25) is 11.8 Å². The van der Waals surface area contributed by atoms with Crippen LogP contribution in [0.1, 0.15) is 19.3 Å². The van der Waals surface area contributed by atoms with Gasteiger partial charge in [0, 0.05) is 39.1 Å². The van der Waals surface area contributed by atoms with Gasteiger partial charge in [-0.15, -0.1) is 0 Å². The lowest BCUT2D eigenvalue weighted by atomic mass is 10.1. The molecule has 2 fully saturated rings. The van der Waals surface area contributed by atoms with Gasteiger partial charge in [-0.25, -0.2) is 0 Å². The van der Waals surface area contributed by atoms with Gasteiger partial charge in [0.1, 0.15) is 0 Å². The minimum Gasteiger partial charge on any atom is -0.379 e.